The molecular formula is C19H23N5O3. The zero-order valence-electron chi connectivity index (χ0n) is 15.5. The molecule has 0 bridgehead atoms. The summed E-state index contributed by atoms with van der Waals surface area (Å²) in [5.41, 5.74) is 1.75. The lowest BCUT2D eigenvalue weighted by Crippen LogP contribution is -2.35. The van der Waals surface area contributed by atoms with Crippen LogP contribution < -0.4 is 14.8 Å². The number of carbonyl (C=O) groups excluding carboxylic acids is 1. The topological polar surface area (TPSA) is 81.0 Å². The van der Waals surface area contributed by atoms with Gasteiger partial charge in [0.25, 0.3) is 0 Å². The molecule has 142 valence electrons. The normalized spacial score (nSPS) is 17.9. The lowest BCUT2D eigenvalue weighted by atomic mass is 10.1. The first kappa shape index (κ1) is 17.4. The largest absolute Gasteiger partial charge is 0.492 e. The number of ether oxygens (including phenoxy) is 2. The number of aryl methyl sites for hydroxylation is 1. The number of unbranched alkanes of at least 4 members (excludes halogenated alkanes) is 1. The second-order valence-corrected chi connectivity index (χ2v) is 6.68. The smallest absolute Gasteiger partial charge is 0.249 e. The van der Waals surface area contributed by atoms with Crippen LogP contribution in [0.3, 0.4) is 0 Å². The second kappa shape index (κ2) is 7.30. The van der Waals surface area contributed by atoms with Crippen molar-refractivity contribution in [3.8, 4) is 11.5 Å². The number of imidazole rings is 1. The molecule has 1 N–H and O–H groups in total. The quantitative estimate of drug-likeness (QED) is 0.756. The van der Waals surface area contributed by atoms with Gasteiger partial charge in [-0.15, -0.1) is 0 Å². The van der Waals surface area contributed by atoms with E-state index in [1.807, 2.05) is 36.5 Å². The van der Waals surface area contributed by atoms with Crippen LogP contribution in [0.5, 0.6) is 11.5 Å². The van der Waals surface area contributed by atoms with Gasteiger partial charge >= 0.3 is 0 Å². The maximum absolute atomic E-state index is 11.9. The zero-order chi connectivity index (χ0) is 18.8. The number of amides is 1. The van der Waals surface area contributed by atoms with Crippen molar-refractivity contribution in [3.05, 3.63) is 36.4 Å². The van der Waals surface area contributed by atoms with Gasteiger partial charge in [0, 0.05) is 24.5 Å². The molecule has 4 rings (SSSR count). The molecule has 0 spiro atoms. The standard InChI is InChI=1S/C19H23N5O3/c1-13-18(25)22-19-21-15-5-6-16(17(26-2)14(15)11-24(13)19)27-10-4-3-8-23-9-7-20-12-23/h5-7,9,12-13H,3-4,8,10-11H2,1-2H3,(H,21,22,25). The van der Waals surface area contributed by atoms with E-state index in [4.69, 9.17) is 9.47 Å². The third-order valence-corrected chi connectivity index (χ3v) is 4.94. The first-order valence-electron chi connectivity index (χ1n) is 9.12. The highest BCUT2D eigenvalue weighted by atomic mass is 16.5. The predicted molar refractivity (Wildman–Crippen MR) is 100 cm³/mol. The van der Waals surface area contributed by atoms with E-state index in [1.165, 1.54) is 0 Å². The summed E-state index contributed by atoms with van der Waals surface area (Å²) in [6.07, 6.45) is 7.51. The van der Waals surface area contributed by atoms with Gasteiger partial charge in [0.15, 0.2) is 11.5 Å². The molecule has 0 saturated carbocycles. The number of hydrogen-bond acceptors (Lipinski definition) is 6. The van der Waals surface area contributed by atoms with Crippen LogP contribution >= 0.6 is 0 Å². The highest BCUT2D eigenvalue weighted by molar-refractivity contribution is 6.07. The minimum absolute atomic E-state index is 0.0325. The summed E-state index contributed by atoms with van der Waals surface area (Å²) in [5, 5.41) is 2.82. The van der Waals surface area contributed by atoms with Crippen molar-refractivity contribution in [3.63, 3.8) is 0 Å². The molecule has 0 radical (unpaired) electrons. The number of nitrogens with one attached hydrogen (secondary N) is 1. The van der Waals surface area contributed by atoms with Crippen molar-refractivity contribution in [1.82, 2.24) is 19.8 Å². The molecule has 1 amide bonds. The van der Waals surface area contributed by atoms with Crippen LogP contribution in [0.1, 0.15) is 25.3 Å². The van der Waals surface area contributed by atoms with Crippen LogP contribution in [-0.2, 0) is 17.9 Å². The highest BCUT2D eigenvalue weighted by Crippen LogP contribution is 2.41. The van der Waals surface area contributed by atoms with Crippen molar-refractivity contribution in [2.45, 2.75) is 38.9 Å². The van der Waals surface area contributed by atoms with Crippen molar-refractivity contribution < 1.29 is 14.3 Å². The molecule has 3 heterocycles. The minimum atomic E-state index is -0.241. The predicted octanol–water partition coefficient (Wildman–Crippen LogP) is 2.07. The minimum Gasteiger partial charge on any atom is -0.492 e. The Morgan fingerprint density at radius 1 is 1.33 bits per heavy atom. The summed E-state index contributed by atoms with van der Waals surface area (Å²) >= 11 is 0. The van der Waals surface area contributed by atoms with Crippen LogP contribution in [-0.4, -0.2) is 46.1 Å². The summed E-state index contributed by atoms with van der Waals surface area (Å²) in [6, 6.07) is 3.56. The molecule has 1 aromatic carbocycles. The first-order chi connectivity index (χ1) is 13.2. The van der Waals surface area contributed by atoms with Crippen molar-refractivity contribution >= 4 is 17.6 Å². The molecule has 8 heteroatoms. The molecular weight excluding hydrogens is 346 g/mol. The van der Waals surface area contributed by atoms with E-state index in [1.54, 1.807) is 13.3 Å². The molecule has 8 nitrogen and oxygen atoms in total. The summed E-state index contributed by atoms with van der Waals surface area (Å²) < 4.78 is 13.7. The number of carbonyl (C=O) groups is 1. The number of fused-ring (bicyclic) bond motifs is 2. The lowest BCUT2D eigenvalue weighted by Gasteiger charge is -2.28. The Morgan fingerprint density at radius 3 is 3.00 bits per heavy atom. The molecule has 2 aromatic rings. The Labute approximate surface area is 157 Å². The van der Waals surface area contributed by atoms with Crippen LogP contribution in [0.15, 0.2) is 35.8 Å². The van der Waals surface area contributed by atoms with Crippen molar-refractivity contribution in [2.75, 3.05) is 13.7 Å². The number of benzene rings is 1. The summed E-state index contributed by atoms with van der Waals surface area (Å²) in [7, 11) is 1.64. The fraction of sp³-hybridized carbons (Fsp3) is 0.421. The van der Waals surface area contributed by atoms with E-state index in [2.05, 4.69) is 19.9 Å². The molecule has 2 aliphatic heterocycles. The number of nitrogens with zero attached hydrogens (tertiary/aromatic N) is 4. The Bertz CT molecular complexity index is 862. The highest BCUT2D eigenvalue weighted by Gasteiger charge is 2.37. The summed E-state index contributed by atoms with van der Waals surface area (Å²) in [4.78, 5) is 22.5. The van der Waals surface area contributed by atoms with Gasteiger partial charge in [0.05, 0.1) is 32.3 Å². The fourth-order valence-corrected chi connectivity index (χ4v) is 3.39. The zero-order valence-corrected chi connectivity index (χ0v) is 15.5. The SMILES string of the molecule is COc1c(OCCCCn2ccnc2)ccc2c1CN1C(=N2)NC(=O)C1C. The van der Waals surface area contributed by atoms with E-state index in [0.717, 1.165) is 30.6 Å². The van der Waals surface area contributed by atoms with Gasteiger partial charge in [-0.1, -0.05) is 0 Å². The summed E-state index contributed by atoms with van der Waals surface area (Å²) in [6.45, 7) is 3.97. The number of methoxy groups -OCH3 is 1. The molecule has 1 saturated heterocycles. The Morgan fingerprint density at radius 2 is 2.22 bits per heavy atom. The Balaban J connectivity index is 1.42. The van der Waals surface area contributed by atoms with Gasteiger partial charge < -0.3 is 18.9 Å². The van der Waals surface area contributed by atoms with Gasteiger partial charge in [0.1, 0.15) is 6.04 Å². The third-order valence-electron chi connectivity index (χ3n) is 4.94. The van der Waals surface area contributed by atoms with Gasteiger partial charge in [-0.25, -0.2) is 9.98 Å². The van der Waals surface area contributed by atoms with Gasteiger partial charge in [-0.2, -0.15) is 0 Å². The molecule has 0 aliphatic carbocycles. The van der Waals surface area contributed by atoms with Crippen molar-refractivity contribution in [2.24, 2.45) is 4.99 Å². The number of guanidine groups is 1. The van der Waals surface area contributed by atoms with E-state index >= 15 is 0 Å². The van der Waals surface area contributed by atoms with Crippen LogP contribution in [0.2, 0.25) is 0 Å². The van der Waals surface area contributed by atoms with Crippen LogP contribution in [0.4, 0.5) is 5.69 Å². The summed E-state index contributed by atoms with van der Waals surface area (Å²) in [5.74, 6) is 1.98. The van der Waals surface area contributed by atoms with Gasteiger partial charge in [-0.3, -0.25) is 10.1 Å². The van der Waals surface area contributed by atoms with Crippen molar-refractivity contribution in [1.29, 1.82) is 0 Å². The first-order valence-corrected chi connectivity index (χ1v) is 9.12. The van der Waals surface area contributed by atoms with E-state index < -0.39 is 0 Å². The fourth-order valence-electron chi connectivity index (χ4n) is 3.39. The number of aliphatic imine (C=N–C) groups is 1. The van der Waals surface area contributed by atoms with E-state index in [-0.39, 0.29) is 11.9 Å². The molecule has 1 unspecified atom stereocenters. The molecule has 2 aliphatic rings. The molecule has 27 heavy (non-hydrogen) atoms. The van der Waals surface area contributed by atoms with Crippen LogP contribution in [0.25, 0.3) is 0 Å². The molecule has 1 fully saturated rings. The maximum Gasteiger partial charge on any atom is 0.249 e. The second-order valence-electron chi connectivity index (χ2n) is 6.68. The van der Waals surface area contributed by atoms with E-state index in [0.29, 0.717) is 30.6 Å². The average Bonchev–Trinajstić information content (AvgIpc) is 3.28. The van der Waals surface area contributed by atoms with Gasteiger partial charge in [0.2, 0.25) is 11.9 Å². The monoisotopic (exact) mass is 369 g/mol. The number of hydrogen-bond donors (Lipinski definition) is 1. The Kier molecular flexibility index (Phi) is 4.70. The number of rotatable bonds is 7. The molecule has 1 aromatic heterocycles. The third kappa shape index (κ3) is 3.34. The number of aromatic nitrogens is 2. The molecule has 1 atom stereocenters. The lowest BCUT2D eigenvalue weighted by molar-refractivity contribution is -0.121. The Hall–Kier alpha value is -3.03. The maximum atomic E-state index is 11.9. The van der Waals surface area contributed by atoms with Crippen LogP contribution in [0, 0.1) is 0 Å². The average molecular weight is 369 g/mol. The van der Waals surface area contributed by atoms with Gasteiger partial charge in [-0.05, 0) is 31.9 Å². The van der Waals surface area contributed by atoms with E-state index in [9.17, 15) is 4.79 Å².